The van der Waals surface area contributed by atoms with Gasteiger partial charge in [0.25, 0.3) is 0 Å². The normalized spacial score (nSPS) is 14.7. The highest BCUT2D eigenvalue weighted by Crippen LogP contribution is 2.24. The number of halogens is 1. The van der Waals surface area contributed by atoms with Crippen LogP contribution in [0, 0.1) is 0 Å². The van der Waals surface area contributed by atoms with Gasteiger partial charge in [-0.15, -0.1) is 28.0 Å². The summed E-state index contributed by atoms with van der Waals surface area (Å²) in [6.07, 6.45) is 0. The van der Waals surface area contributed by atoms with E-state index in [1.165, 1.54) is 4.88 Å². The Hall–Kier alpha value is -1.07. The molecular formula is C10H12ClN3OS. The van der Waals surface area contributed by atoms with Crippen molar-refractivity contribution in [2.75, 3.05) is 5.32 Å². The average molecular weight is 258 g/mol. The number of nitrogens with one attached hydrogen (secondary N) is 1. The fourth-order valence-corrected chi connectivity index (χ4v) is 2.07. The Labute approximate surface area is 103 Å². The van der Waals surface area contributed by atoms with Gasteiger partial charge in [-0.2, -0.15) is 0 Å². The molecule has 0 aromatic carbocycles. The van der Waals surface area contributed by atoms with Crippen molar-refractivity contribution in [3.8, 4) is 0 Å². The summed E-state index contributed by atoms with van der Waals surface area (Å²) in [6, 6.07) is 4.63. The lowest BCUT2D eigenvalue weighted by atomic mass is 10.3. The molecule has 0 amide bonds. The Kier molecular flexibility index (Phi) is 3.46. The second kappa shape index (κ2) is 4.84. The molecule has 0 aliphatic rings. The van der Waals surface area contributed by atoms with Gasteiger partial charge in [0.15, 0.2) is 0 Å². The maximum atomic E-state index is 5.83. The number of aromatic nitrogens is 2. The van der Waals surface area contributed by atoms with Crippen LogP contribution in [0.3, 0.4) is 0 Å². The molecule has 2 unspecified atom stereocenters. The first-order chi connectivity index (χ1) is 7.66. The predicted octanol–water partition coefficient (Wildman–Crippen LogP) is 3.60. The highest BCUT2D eigenvalue weighted by molar-refractivity contribution is 7.10. The van der Waals surface area contributed by atoms with Crippen LogP contribution in [0.5, 0.6) is 0 Å². The molecule has 0 bridgehead atoms. The standard InChI is InChI=1S/C10H12ClN3OS/c1-6(11)9-13-14-10(15-9)12-7(2)8-4-3-5-16-8/h3-7H,1-2H3,(H,12,14). The van der Waals surface area contributed by atoms with Crippen LogP contribution in [0.25, 0.3) is 0 Å². The molecular weight excluding hydrogens is 246 g/mol. The van der Waals surface area contributed by atoms with Crippen molar-refractivity contribution in [3.05, 3.63) is 28.3 Å². The number of hydrogen-bond donors (Lipinski definition) is 1. The third kappa shape index (κ3) is 2.54. The third-order valence-corrected chi connectivity index (χ3v) is 3.33. The Balaban J connectivity index is 2.03. The van der Waals surface area contributed by atoms with E-state index in [0.717, 1.165) is 0 Å². The first-order valence-electron chi connectivity index (χ1n) is 4.94. The molecule has 0 spiro atoms. The summed E-state index contributed by atoms with van der Waals surface area (Å²) in [5, 5.41) is 12.6. The van der Waals surface area contributed by atoms with E-state index >= 15 is 0 Å². The molecule has 0 radical (unpaired) electrons. The number of thiophene rings is 1. The van der Waals surface area contributed by atoms with Crippen molar-refractivity contribution < 1.29 is 4.42 Å². The van der Waals surface area contributed by atoms with Crippen molar-refractivity contribution in [2.24, 2.45) is 0 Å². The quantitative estimate of drug-likeness (QED) is 0.851. The van der Waals surface area contributed by atoms with Gasteiger partial charge in [-0.1, -0.05) is 11.2 Å². The smallest absolute Gasteiger partial charge is 0.316 e. The predicted molar refractivity (Wildman–Crippen MR) is 64.9 cm³/mol. The lowest BCUT2D eigenvalue weighted by Crippen LogP contribution is -2.04. The SMILES string of the molecule is CC(Cl)c1nnc(NC(C)c2cccs2)o1. The minimum Gasteiger partial charge on any atom is -0.406 e. The zero-order valence-electron chi connectivity index (χ0n) is 8.98. The zero-order chi connectivity index (χ0) is 11.5. The summed E-state index contributed by atoms with van der Waals surface area (Å²) in [4.78, 5) is 1.22. The van der Waals surface area contributed by atoms with Gasteiger partial charge in [0.1, 0.15) is 5.38 Å². The summed E-state index contributed by atoms with van der Waals surface area (Å²) in [6.45, 7) is 3.83. The molecule has 1 N–H and O–H groups in total. The van der Waals surface area contributed by atoms with E-state index in [9.17, 15) is 0 Å². The summed E-state index contributed by atoms with van der Waals surface area (Å²) >= 11 is 7.52. The van der Waals surface area contributed by atoms with Crippen LogP contribution >= 0.6 is 22.9 Å². The van der Waals surface area contributed by atoms with Crippen molar-refractivity contribution >= 4 is 29.0 Å². The lowest BCUT2D eigenvalue weighted by Gasteiger charge is -2.08. The fourth-order valence-electron chi connectivity index (χ4n) is 1.25. The van der Waals surface area contributed by atoms with E-state index in [1.54, 1.807) is 18.3 Å². The lowest BCUT2D eigenvalue weighted by molar-refractivity contribution is 0.502. The molecule has 2 atom stereocenters. The maximum Gasteiger partial charge on any atom is 0.316 e. The molecule has 86 valence electrons. The zero-order valence-corrected chi connectivity index (χ0v) is 10.5. The second-order valence-corrected chi connectivity index (χ2v) is 5.08. The number of anilines is 1. The second-order valence-electron chi connectivity index (χ2n) is 3.44. The van der Waals surface area contributed by atoms with Gasteiger partial charge < -0.3 is 9.73 Å². The topological polar surface area (TPSA) is 51.0 Å². The highest BCUT2D eigenvalue weighted by Gasteiger charge is 2.13. The Morgan fingerprint density at radius 3 is 2.81 bits per heavy atom. The molecule has 2 aromatic heterocycles. The van der Waals surface area contributed by atoms with Crippen LogP contribution < -0.4 is 5.32 Å². The van der Waals surface area contributed by atoms with E-state index < -0.39 is 0 Å². The van der Waals surface area contributed by atoms with Crippen molar-refractivity contribution in [1.82, 2.24) is 10.2 Å². The monoisotopic (exact) mass is 257 g/mol. The van der Waals surface area contributed by atoms with Crippen LogP contribution in [0.2, 0.25) is 0 Å². The molecule has 4 nitrogen and oxygen atoms in total. The third-order valence-electron chi connectivity index (χ3n) is 2.09. The molecule has 0 aliphatic carbocycles. The number of rotatable bonds is 4. The van der Waals surface area contributed by atoms with Gasteiger partial charge in [-0.25, -0.2) is 0 Å². The van der Waals surface area contributed by atoms with Gasteiger partial charge in [-0.3, -0.25) is 0 Å². The fraction of sp³-hybridized carbons (Fsp3) is 0.400. The summed E-state index contributed by atoms with van der Waals surface area (Å²) in [7, 11) is 0. The minimum atomic E-state index is -0.264. The van der Waals surface area contributed by atoms with Gasteiger partial charge in [0.2, 0.25) is 5.89 Å². The molecule has 2 aromatic rings. The molecule has 16 heavy (non-hydrogen) atoms. The van der Waals surface area contributed by atoms with Gasteiger partial charge in [0.05, 0.1) is 6.04 Å². The molecule has 0 fully saturated rings. The van der Waals surface area contributed by atoms with Crippen LogP contribution in [0.15, 0.2) is 21.9 Å². The van der Waals surface area contributed by atoms with E-state index in [-0.39, 0.29) is 11.4 Å². The van der Waals surface area contributed by atoms with Crippen molar-refractivity contribution in [2.45, 2.75) is 25.3 Å². The van der Waals surface area contributed by atoms with Crippen LogP contribution in [0.1, 0.15) is 36.0 Å². The molecule has 0 saturated heterocycles. The van der Waals surface area contributed by atoms with E-state index in [4.69, 9.17) is 16.0 Å². The Morgan fingerprint density at radius 1 is 1.44 bits per heavy atom. The molecule has 0 aliphatic heterocycles. The number of alkyl halides is 1. The van der Waals surface area contributed by atoms with Crippen LogP contribution in [0.4, 0.5) is 6.01 Å². The van der Waals surface area contributed by atoms with Crippen molar-refractivity contribution in [3.63, 3.8) is 0 Å². The molecule has 0 saturated carbocycles. The van der Waals surface area contributed by atoms with Gasteiger partial charge >= 0.3 is 6.01 Å². The maximum absolute atomic E-state index is 5.83. The summed E-state index contributed by atoms with van der Waals surface area (Å²) in [5.41, 5.74) is 0. The number of hydrogen-bond acceptors (Lipinski definition) is 5. The minimum absolute atomic E-state index is 0.152. The first kappa shape index (κ1) is 11.4. The molecule has 2 rings (SSSR count). The molecule has 6 heteroatoms. The summed E-state index contributed by atoms with van der Waals surface area (Å²) < 4.78 is 5.35. The van der Waals surface area contributed by atoms with Crippen LogP contribution in [-0.4, -0.2) is 10.2 Å². The Bertz CT molecular complexity index is 441. The number of nitrogens with zero attached hydrogens (tertiary/aromatic N) is 2. The van der Waals surface area contributed by atoms with Gasteiger partial charge in [0, 0.05) is 4.88 Å². The highest BCUT2D eigenvalue weighted by atomic mass is 35.5. The van der Waals surface area contributed by atoms with E-state index in [0.29, 0.717) is 11.9 Å². The van der Waals surface area contributed by atoms with E-state index in [2.05, 4.69) is 21.6 Å². The molecule has 2 heterocycles. The van der Waals surface area contributed by atoms with Crippen molar-refractivity contribution in [1.29, 1.82) is 0 Å². The summed E-state index contributed by atoms with van der Waals surface area (Å²) in [5.74, 6) is 0.433. The van der Waals surface area contributed by atoms with Crippen LogP contribution in [-0.2, 0) is 0 Å². The average Bonchev–Trinajstić information content (AvgIpc) is 2.87. The van der Waals surface area contributed by atoms with Gasteiger partial charge in [-0.05, 0) is 25.3 Å². The first-order valence-corrected chi connectivity index (χ1v) is 6.26. The Morgan fingerprint density at radius 2 is 2.25 bits per heavy atom. The largest absolute Gasteiger partial charge is 0.406 e. The van der Waals surface area contributed by atoms with E-state index in [1.807, 2.05) is 18.4 Å².